The highest BCUT2D eigenvalue weighted by atomic mass is 16.5. The maximum Gasteiger partial charge on any atom is 0.339 e. The maximum atomic E-state index is 11.5. The fourth-order valence-electron chi connectivity index (χ4n) is 2.88. The molecular weight excluding hydrogens is 252 g/mol. The van der Waals surface area contributed by atoms with Crippen LogP contribution in [-0.4, -0.2) is 24.1 Å². The van der Waals surface area contributed by atoms with Crippen LogP contribution in [0, 0.1) is 16.7 Å². The molecule has 1 N–H and O–H groups in total. The SMILES string of the molecule is CCOC(=O)c1ccc(NCC2C(C)(C)C2(C)C)nc1. The third-order valence-corrected chi connectivity index (χ3v) is 5.08. The van der Waals surface area contributed by atoms with E-state index in [9.17, 15) is 4.79 Å². The summed E-state index contributed by atoms with van der Waals surface area (Å²) in [4.78, 5) is 15.8. The summed E-state index contributed by atoms with van der Waals surface area (Å²) in [5, 5.41) is 3.35. The highest BCUT2D eigenvalue weighted by molar-refractivity contribution is 5.89. The number of hydrogen-bond donors (Lipinski definition) is 1. The first-order valence-electron chi connectivity index (χ1n) is 7.17. The number of ether oxygens (including phenoxy) is 1. The number of anilines is 1. The molecule has 4 nitrogen and oxygen atoms in total. The minimum absolute atomic E-state index is 0.323. The standard InChI is InChI=1S/C16H24N2O2/c1-6-20-14(19)11-7-8-13(17-9-11)18-10-12-15(2,3)16(12,4)5/h7-9,12H,6,10H2,1-5H3,(H,17,18). The molecular formula is C16H24N2O2. The van der Waals surface area contributed by atoms with E-state index in [0.29, 0.717) is 28.9 Å². The Bertz CT molecular complexity index is 478. The maximum absolute atomic E-state index is 11.5. The summed E-state index contributed by atoms with van der Waals surface area (Å²) in [6.07, 6.45) is 1.56. The normalized spacial score (nSPS) is 19.4. The zero-order valence-electron chi connectivity index (χ0n) is 13.0. The molecule has 1 heterocycles. The number of esters is 1. The van der Waals surface area contributed by atoms with Crippen molar-refractivity contribution in [2.75, 3.05) is 18.5 Å². The zero-order valence-corrected chi connectivity index (χ0v) is 13.0. The zero-order chi connectivity index (χ0) is 15.0. The topological polar surface area (TPSA) is 51.2 Å². The van der Waals surface area contributed by atoms with Gasteiger partial charge in [-0.15, -0.1) is 0 Å². The molecule has 0 amide bonds. The van der Waals surface area contributed by atoms with Crippen LogP contribution in [0.2, 0.25) is 0 Å². The van der Waals surface area contributed by atoms with Gasteiger partial charge in [-0.2, -0.15) is 0 Å². The lowest BCUT2D eigenvalue weighted by Gasteiger charge is -2.07. The van der Waals surface area contributed by atoms with Crippen LogP contribution in [0.5, 0.6) is 0 Å². The van der Waals surface area contributed by atoms with Crippen molar-refractivity contribution in [3.63, 3.8) is 0 Å². The number of rotatable bonds is 5. The lowest BCUT2D eigenvalue weighted by atomic mass is 10.0. The van der Waals surface area contributed by atoms with Gasteiger partial charge in [-0.25, -0.2) is 9.78 Å². The quantitative estimate of drug-likeness (QED) is 0.838. The van der Waals surface area contributed by atoms with Gasteiger partial charge in [-0.1, -0.05) is 27.7 Å². The molecule has 1 aliphatic rings. The highest BCUT2D eigenvalue weighted by Gasteiger charge is 2.64. The van der Waals surface area contributed by atoms with E-state index in [1.54, 1.807) is 19.2 Å². The predicted molar refractivity (Wildman–Crippen MR) is 79.7 cm³/mol. The van der Waals surface area contributed by atoms with Crippen molar-refractivity contribution >= 4 is 11.8 Å². The number of carbonyl (C=O) groups is 1. The molecule has 0 bridgehead atoms. The Morgan fingerprint density at radius 2 is 1.95 bits per heavy atom. The molecule has 1 aromatic heterocycles. The van der Waals surface area contributed by atoms with Gasteiger partial charge in [0.15, 0.2) is 0 Å². The molecule has 1 fully saturated rings. The minimum atomic E-state index is -0.323. The smallest absolute Gasteiger partial charge is 0.339 e. The largest absolute Gasteiger partial charge is 0.462 e. The first-order valence-corrected chi connectivity index (χ1v) is 7.17. The second-order valence-corrected chi connectivity index (χ2v) is 6.53. The van der Waals surface area contributed by atoms with Crippen molar-refractivity contribution in [1.29, 1.82) is 0 Å². The Morgan fingerprint density at radius 3 is 2.40 bits per heavy atom. The molecule has 1 saturated carbocycles. The van der Waals surface area contributed by atoms with Crippen LogP contribution < -0.4 is 5.32 Å². The average Bonchev–Trinajstić information content (AvgIpc) is 2.78. The van der Waals surface area contributed by atoms with E-state index in [4.69, 9.17) is 4.74 Å². The van der Waals surface area contributed by atoms with Crippen LogP contribution in [0.3, 0.4) is 0 Å². The molecule has 2 rings (SSSR count). The molecule has 0 aromatic carbocycles. The van der Waals surface area contributed by atoms with E-state index >= 15 is 0 Å². The molecule has 20 heavy (non-hydrogen) atoms. The van der Waals surface area contributed by atoms with E-state index in [0.717, 1.165) is 12.4 Å². The van der Waals surface area contributed by atoms with Crippen molar-refractivity contribution in [3.05, 3.63) is 23.9 Å². The van der Waals surface area contributed by atoms with Crippen LogP contribution in [-0.2, 0) is 4.74 Å². The van der Waals surface area contributed by atoms with Crippen molar-refractivity contribution in [3.8, 4) is 0 Å². The first kappa shape index (κ1) is 14.8. The van der Waals surface area contributed by atoms with Gasteiger partial charge < -0.3 is 10.1 Å². The van der Waals surface area contributed by atoms with Crippen molar-refractivity contribution < 1.29 is 9.53 Å². The lowest BCUT2D eigenvalue weighted by molar-refractivity contribution is 0.0526. The van der Waals surface area contributed by atoms with Gasteiger partial charge in [-0.05, 0) is 35.8 Å². The number of nitrogens with zero attached hydrogens (tertiary/aromatic N) is 1. The van der Waals surface area contributed by atoms with E-state index in [1.807, 2.05) is 6.07 Å². The molecule has 110 valence electrons. The Balaban J connectivity index is 1.91. The number of aromatic nitrogens is 1. The Morgan fingerprint density at radius 1 is 1.30 bits per heavy atom. The van der Waals surface area contributed by atoms with Crippen molar-refractivity contribution in [1.82, 2.24) is 4.98 Å². The third-order valence-electron chi connectivity index (χ3n) is 5.08. The summed E-state index contributed by atoms with van der Waals surface area (Å²) in [6.45, 7) is 12.3. The molecule has 1 aromatic rings. The summed E-state index contributed by atoms with van der Waals surface area (Å²) in [5.74, 6) is 1.12. The second-order valence-electron chi connectivity index (χ2n) is 6.53. The van der Waals surface area contributed by atoms with E-state index in [-0.39, 0.29) is 5.97 Å². The number of pyridine rings is 1. The first-order chi connectivity index (χ1) is 9.30. The van der Waals surface area contributed by atoms with Gasteiger partial charge in [0.05, 0.1) is 12.2 Å². The van der Waals surface area contributed by atoms with Crippen molar-refractivity contribution in [2.45, 2.75) is 34.6 Å². The summed E-state index contributed by atoms with van der Waals surface area (Å²) in [6, 6.07) is 3.57. The van der Waals surface area contributed by atoms with E-state index < -0.39 is 0 Å². The van der Waals surface area contributed by atoms with Gasteiger partial charge in [0.1, 0.15) is 5.82 Å². The molecule has 0 radical (unpaired) electrons. The van der Waals surface area contributed by atoms with E-state index in [2.05, 4.69) is 38.0 Å². The fourth-order valence-corrected chi connectivity index (χ4v) is 2.88. The fraction of sp³-hybridized carbons (Fsp3) is 0.625. The average molecular weight is 276 g/mol. The predicted octanol–water partition coefficient (Wildman–Crippen LogP) is 3.35. The van der Waals surface area contributed by atoms with Crippen LogP contribution in [0.25, 0.3) is 0 Å². The summed E-state index contributed by atoms with van der Waals surface area (Å²) < 4.78 is 4.93. The lowest BCUT2D eigenvalue weighted by Crippen LogP contribution is -2.10. The number of nitrogens with one attached hydrogen (secondary N) is 1. The van der Waals surface area contributed by atoms with Crippen molar-refractivity contribution in [2.24, 2.45) is 16.7 Å². The molecule has 0 atom stereocenters. The molecule has 1 aliphatic carbocycles. The van der Waals surface area contributed by atoms with Gasteiger partial charge in [0.2, 0.25) is 0 Å². The van der Waals surface area contributed by atoms with Gasteiger partial charge in [-0.3, -0.25) is 0 Å². The summed E-state index contributed by atoms with van der Waals surface area (Å²) >= 11 is 0. The van der Waals surface area contributed by atoms with Crippen LogP contribution in [0.4, 0.5) is 5.82 Å². The minimum Gasteiger partial charge on any atom is -0.462 e. The van der Waals surface area contributed by atoms with Gasteiger partial charge >= 0.3 is 5.97 Å². The van der Waals surface area contributed by atoms with E-state index in [1.165, 1.54) is 0 Å². The number of hydrogen-bond acceptors (Lipinski definition) is 4. The third kappa shape index (κ3) is 2.51. The van der Waals surface area contributed by atoms with Crippen LogP contribution in [0.1, 0.15) is 45.0 Å². The monoisotopic (exact) mass is 276 g/mol. The van der Waals surface area contributed by atoms with Crippen LogP contribution in [0.15, 0.2) is 18.3 Å². The van der Waals surface area contributed by atoms with Gasteiger partial charge in [0.25, 0.3) is 0 Å². The van der Waals surface area contributed by atoms with Gasteiger partial charge in [0, 0.05) is 12.7 Å². The molecule has 0 unspecified atom stereocenters. The summed E-state index contributed by atoms with van der Waals surface area (Å²) in [7, 11) is 0. The molecule has 4 heteroatoms. The van der Waals surface area contributed by atoms with Crippen LogP contribution >= 0.6 is 0 Å². The Hall–Kier alpha value is -1.58. The molecule has 0 aliphatic heterocycles. The highest BCUT2D eigenvalue weighted by Crippen LogP contribution is 2.68. The molecule has 0 spiro atoms. The number of carbonyl (C=O) groups excluding carboxylic acids is 1. The Kier molecular flexibility index (Phi) is 3.76. The second kappa shape index (κ2) is 5.08. The molecule has 0 saturated heterocycles. The Labute approximate surface area is 120 Å². The summed E-state index contributed by atoms with van der Waals surface area (Å²) in [5.41, 5.74) is 1.22.